The van der Waals surface area contributed by atoms with Gasteiger partial charge in [0.25, 0.3) is 0 Å². The summed E-state index contributed by atoms with van der Waals surface area (Å²) in [5.74, 6) is 3.12. The van der Waals surface area contributed by atoms with Crippen LogP contribution in [0.5, 0.6) is 0 Å². The number of rotatable bonds is 6. The molecule has 3 nitrogen and oxygen atoms in total. The van der Waals surface area contributed by atoms with Gasteiger partial charge < -0.3 is 14.3 Å². The summed E-state index contributed by atoms with van der Waals surface area (Å²) in [5.41, 5.74) is 3.31. The van der Waals surface area contributed by atoms with Gasteiger partial charge in [0.1, 0.15) is 8.07 Å². The highest BCUT2D eigenvalue weighted by Crippen LogP contribution is 2.39. The second kappa shape index (κ2) is 11.1. The summed E-state index contributed by atoms with van der Waals surface area (Å²) in [6, 6.07) is 0. The van der Waals surface area contributed by atoms with E-state index < -0.39 is 22.5 Å². The predicted octanol–water partition coefficient (Wildman–Crippen LogP) is 6.08. The number of allylic oxidation sites excluding steroid dienone is 1. The molecule has 0 bridgehead atoms. The molecule has 0 saturated carbocycles. The minimum absolute atomic E-state index is 0.00406. The molecule has 29 heavy (non-hydrogen) atoms. The number of hydrogen-bond acceptors (Lipinski definition) is 3. The van der Waals surface area contributed by atoms with Gasteiger partial charge in [-0.15, -0.1) is 5.54 Å². The number of aliphatic hydroxyl groups excluding tert-OH is 1. The molecule has 0 aromatic heterocycles. The normalized spacial score (nSPS) is 25.2. The van der Waals surface area contributed by atoms with E-state index in [9.17, 15) is 5.11 Å². The molecule has 1 unspecified atom stereocenters. The lowest BCUT2D eigenvalue weighted by atomic mass is 10.0. The van der Waals surface area contributed by atoms with Crippen LogP contribution < -0.4 is 0 Å². The maximum absolute atomic E-state index is 10.7. The Morgan fingerprint density at radius 3 is 2.34 bits per heavy atom. The molecule has 1 heterocycles. The molecule has 0 radical (unpaired) electrons. The van der Waals surface area contributed by atoms with E-state index in [1.54, 1.807) is 0 Å². The highest BCUT2D eigenvalue weighted by atomic mass is 28.4. The fourth-order valence-corrected chi connectivity index (χ4v) is 4.82. The maximum Gasteiger partial charge on any atom is 0.192 e. The first kappa shape index (κ1) is 26.4. The van der Waals surface area contributed by atoms with Crippen molar-refractivity contribution in [2.24, 2.45) is 0 Å². The average Bonchev–Trinajstić information content (AvgIpc) is 2.55. The Kier molecular flexibility index (Phi) is 10.1. The van der Waals surface area contributed by atoms with E-state index in [1.807, 2.05) is 12.2 Å². The fourth-order valence-electron chi connectivity index (χ4n) is 2.94. The van der Waals surface area contributed by atoms with Crippen LogP contribution in [-0.2, 0) is 9.16 Å². The van der Waals surface area contributed by atoms with Crippen molar-refractivity contribution in [1.82, 2.24) is 0 Å². The second-order valence-electron chi connectivity index (χ2n) is 10.7. The first-order valence-corrected chi connectivity index (χ1v) is 17.5. The Balaban J connectivity index is 2.81. The molecule has 1 N–H and O–H groups in total. The van der Waals surface area contributed by atoms with Gasteiger partial charge in [0.05, 0.1) is 24.4 Å². The highest BCUT2D eigenvalue weighted by molar-refractivity contribution is 6.83. The molecule has 166 valence electrons. The lowest BCUT2D eigenvalue weighted by molar-refractivity contribution is -0.112. The summed E-state index contributed by atoms with van der Waals surface area (Å²) < 4.78 is 13.1. The lowest BCUT2D eigenvalue weighted by Crippen LogP contribution is -2.49. The lowest BCUT2D eigenvalue weighted by Gasteiger charge is -2.42. The Labute approximate surface area is 182 Å². The zero-order chi connectivity index (χ0) is 22.3. The van der Waals surface area contributed by atoms with Crippen molar-refractivity contribution in [2.45, 2.75) is 116 Å². The second-order valence-corrected chi connectivity index (χ2v) is 20.2. The van der Waals surface area contributed by atoms with Gasteiger partial charge in [-0.2, -0.15) is 0 Å². The van der Waals surface area contributed by atoms with Crippen LogP contribution in [0.2, 0.25) is 37.8 Å². The number of hydrogen-bond donors (Lipinski definition) is 1. The van der Waals surface area contributed by atoms with Gasteiger partial charge in [0.2, 0.25) is 0 Å². The summed E-state index contributed by atoms with van der Waals surface area (Å²) in [6.07, 6.45) is 10.5. The van der Waals surface area contributed by atoms with Gasteiger partial charge in [0.15, 0.2) is 8.32 Å². The Morgan fingerprint density at radius 2 is 1.79 bits per heavy atom. The molecular weight excluding hydrogens is 392 g/mol. The SMILES string of the molecule is CC[C@H]1OC([C@H](O)CC=CC#C[Si](C)(C)C)CC=CC[C@H]1O[Si](C)(C)C(C)(C)C. The molecule has 0 spiro atoms. The van der Waals surface area contributed by atoms with Crippen molar-refractivity contribution in [3.8, 4) is 11.5 Å². The Morgan fingerprint density at radius 1 is 1.17 bits per heavy atom. The van der Waals surface area contributed by atoms with E-state index >= 15 is 0 Å². The molecule has 4 atom stereocenters. The third kappa shape index (κ3) is 9.36. The minimum atomic E-state index is -1.88. The van der Waals surface area contributed by atoms with E-state index in [4.69, 9.17) is 9.16 Å². The van der Waals surface area contributed by atoms with Gasteiger partial charge in [-0.1, -0.05) is 71.5 Å². The van der Waals surface area contributed by atoms with Crippen LogP contribution >= 0.6 is 0 Å². The number of aliphatic hydroxyl groups is 1. The van der Waals surface area contributed by atoms with Crippen molar-refractivity contribution in [2.75, 3.05) is 0 Å². The van der Waals surface area contributed by atoms with Crippen LogP contribution in [0.25, 0.3) is 0 Å². The fraction of sp³-hybridized carbons (Fsp3) is 0.750. The van der Waals surface area contributed by atoms with Crippen molar-refractivity contribution in [3.05, 3.63) is 24.3 Å². The summed E-state index contributed by atoms with van der Waals surface area (Å²) in [6.45, 7) is 20.2. The largest absolute Gasteiger partial charge is 0.411 e. The Bertz CT molecular complexity index is 615. The molecule has 0 saturated heterocycles. The van der Waals surface area contributed by atoms with Crippen molar-refractivity contribution in [1.29, 1.82) is 0 Å². The van der Waals surface area contributed by atoms with Gasteiger partial charge >= 0.3 is 0 Å². The molecule has 1 aliphatic rings. The first-order valence-electron chi connectivity index (χ1n) is 11.1. The van der Waals surface area contributed by atoms with Crippen LogP contribution in [-0.4, -0.2) is 45.9 Å². The summed E-state index contributed by atoms with van der Waals surface area (Å²) in [5, 5.41) is 10.9. The van der Waals surface area contributed by atoms with Crippen LogP contribution in [0.4, 0.5) is 0 Å². The van der Waals surface area contributed by atoms with E-state index in [-0.39, 0.29) is 23.4 Å². The van der Waals surface area contributed by atoms with E-state index in [0.29, 0.717) is 6.42 Å². The standard InChI is InChI=1S/C24H44O3Si2/c1-10-21-23(27-29(8,9)24(2,3)4)18-14-13-17-22(26-21)20(25)16-12-11-15-19-28(5,6)7/h11-14,20-23,25H,10,16-18H2,1-9H3/t20-,21-,22?,23-/m1/s1. The summed E-state index contributed by atoms with van der Waals surface area (Å²) >= 11 is 0. The first-order chi connectivity index (χ1) is 13.3. The minimum Gasteiger partial charge on any atom is -0.411 e. The van der Waals surface area contributed by atoms with Crippen molar-refractivity contribution >= 4 is 16.4 Å². The quantitative estimate of drug-likeness (QED) is 0.311. The third-order valence-corrected chi connectivity index (χ3v) is 11.2. The monoisotopic (exact) mass is 436 g/mol. The van der Waals surface area contributed by atoms with E-state index in [0.717, 1.165) is 19.3 Å². The number of ether oxygens (including phenoxy) is 1. The molecule has 0 amide bonds. The zero-order valence-corrected chi connectivity index (χ0v) is 22.2. The molecule has 0 aliphatic carbocycles. The zero-order valence-electron chi connectivity index (χ0n) is 20.2. The van der Waals surface area contributed by atoms with Gasteiger partial charge in [-0.05, 0) is 49.9 Å². The molecule has 5 heteroatoms. The molecule has 0 aromatic rings. The molecule has 0 aromatic carbocycles. The molecule has 1 aliphatic heterocycles. The van der Waals surface area contributed by atoms with Gasteiger partial charge in [0, 0.05) is 0 Å². The van der Waals surface area contributed by atoms with Crippen molar-refractivity contribution < 1.29 is 14.3 Å². The summed E-state index contributed by atoms with van der Waals surface area (Å²) in [4.78, 5) is 0. The average molecular weight is 437 g/mol. The summed E-state index contributed by atoms with van der Waals surface area (Å²) in [7, 11) is -3.24. The molecule has 1 rings (SSSR count). The van der Waals surface area contributed by atoms with Crippen LogP contribution in [0.3, 0.4) is 0 Å². The van der Waals surface area contributed by atoms with Crippen molar-refractivity contribution in [3.63, 3.8) is 0 Å². The third-order valence-electron chi connectivity index (χ3n) is 5.78. The van der Waals surface area contributed by atoms with Crippen LogP contribution in [0.1, 0.15) is 53.4 Å². The van der Waals surface area contributed by atoms with E-state index in [2.05, 4.69) is 84.0 Å². The van der Waals surface area contributed by atoms with Gasteiger partial charge in [-0.3, -0.25) is 0 Å². The smallest absolute Gasteiger partial charge is 0.192 e. The highest BCUT2D eigenvalue weighted by Gasteiger charge is 2.41. The molecular formula is C24H44O3Si2. The maximum atomic E-state index is 10.7. The van der Waals surface area contributed by atoms with E-state index in [1.165, 1.54) is 0 Å². The topological polar surface area (TPSA) is 38.7 Å². The predicted molar refractivity (Wildman–Crippen MR) is 130 cm³/mol. The van der Waals surface area contributed by atoms with Gasteiger partial charge in [-0.25, -0.2) is 0 Å². The van der Waals surface area contributed by atoms with Crippen LogP contribution in [0, 0.1) is 11.5 Å². The molecule has 0 fully saturated rings. The van der Waals surface area contributed by atoms with Crippen LogP contribution in [0.15, 0.2) is 24.3 Å². The Hall–Kier alpha value is -0.646.